The lowest BCUT2D eigenvalue weighted by Crippen LogP contribution is -2.47. The van der Waals surface area contributed by atoms with Crippen molar-refractivity contribution in [1.82, 2.24) is 14.8 Å². The topological polar surface area (TPSA) is 37.3 Å². The number of nitrogens with zero attached hydrogens (tertiary/aromatic N) is 2. The minimum atomic E-state index is 0.167. The Morgan fingerprint density at radius 2 is 2.28 bits per heavy atom. The lowest BCUT2D eigenvalue weighted by molar-refractivity contribution is 0.0697. The van der Waals surface area contributed by atoms with Gasteiger partial charge in [0.25, 0.3) is 5.91 Å². The van der Waals surface area contributed by atoms with Gasteiger partial charge < -0.3 is 14.8 Å². The lowest BCUT2D eigenvalue weighted by atomic mass is 10.1. The summed E-state index contributed by atoms with van der Waals surface area (Å²) < 4.78 is 2.15. The van der Waals surface area contributed by atoms with Crippen LogP contribution in [0.1, 0.15) is 42.2 Å². The van der Waals surface area contributed by atoms with Crippen LogP contribution in [0.3, 0.4) is 0 Å². The van der Waals surface area contributed by atoms with Gasteiger partial charge in [-0.15, -0.1) is 0 Å². The van der Waals surface area contributed by atoms with E-state index in [9.17, 15) is 4.79 Å². The summed E-state index contributed by atoms with van der Waals surface area (Å²) in [5.74, 6) is 0.167. The Morgan fingerprint density at radius 1 is 1.44 bits per heavy atom. The third-order valence-electron chi connectivity index (χ3n) is 4.08. The average molecular weight is 247 g/mol. The second kappa shape index (κ2) is 4.76. The van der Waals surface area contributed by atoms with Crippen molar-refractivity contribution in [1.29, 1.82) is 0 Å². The number of rotatable bonds is 3. The van der Waals surface area contributed by atoms with Crippen LogP contribution in [0.15, 0.2) is 18.3 Å². The van der Waals surface area contributed by atoms with Gasteiger partial charge in [0.2, 0.25) is 0 Å². The van der Waals surface area contributed by atoms with Gasteiger partial charge in [0.1, 0.15) is 5.69 Å². The minimum absolute atomic E-state index is 0.167. The average Bonchev–Trinajstić information content (AvgIpc) is 3.15. The molecule has 0 aromatic carbocycles. The highest BCUT2D eigenvalue weighted by atomic mass is 16.2. The van der Waals surface area contributed by atoms with Crippen LogP contribution in [0.5, 0.6) is 0 Å². The zero-order chi connectivity index (χ0) is 12.5. The lowest BCUT2D eigenvalue weighted by Gasteiger charge is -2.32. The maximum atomic E-state index is 12.5. The van der Waals surface area contributed by atoms with E-state index in [1.165, 1.54) is 12.8 Å². The highest BCUT2D eigenvalue weighted by Crippen LogP contribution is 2.36. The Hall–Kier alpha value is -1.29. The number of amides is 1. The first-order chi connectivity index (χ1) is 8.77. The molecule has 18 heavy (non-hydrogen) atoms. The second-order valence-corrected chi connectivity index (χ2v) is 5.45. The van der Waals surface area contributed by atoms with Gasteiger partial charge in [-0.2, -0.15) is 0 Å². The molecule has 0 radical (unpaired) electrons. The molecule has 1 saturated heterocycles. The largest absolute Gasteiger partial charge is 0.340 e. The zero-order valence-electron chi connectivity index (χ0n) is 10.9. The van der Waals surface area contributed by atoms with Crippen LogP contribution in [0, 0.1) is 0 Å². The van der Waals surface area contributed by atoms with Crippen molar-refractivity contribution in [2.75, 3.05) is 20.1 Å². The molecule has 1 atom stereocenters. The molecule has 3 rings (SSSR count). The number of hydrogen-bond donors (Lipinski definition) is 1. The number of nitrogens with one attached hydrogen (secondary N) is 1. The number of likely N-dealkylation sites (N-methyl/N-ethyl adjacent to an activating group) is 1. The summed E-state index contributed by atoms with van der Waals surface area (Å²) in [6, 6.07) is 4.84. The number of carbonyl (C=O) groups excluding carboxylic acids is 1. The van der Waals surface area contributed by atoms with Gasteiger partial charge in [0, 0.05) is 31.9 Å². The Kier molecular flexibility index (Phi) is 3.12. The van der Waals surface area contributed by atoms with E-state index < -0.39 is 0 Å². The van der Waals surface area contributed by atoms with Crippen LogP contribution in [0.25, 0.3) is 0 Å². The Labute approximate surface area is 108 Å². The number of carbonyl (C=O) groups is 1. The molecule has 98 valence electrons. The molecule has 2 fully saturated rings. The maximum absolute atomic E-state index is 12.5. The molecule has 1 N–H and O–H groups in total. The number of hydrogen-bond acceptors (Lipinski definition) is 2. The van der Waals surface area contributed by atoms with E-state index in [2.05, 4.69) is 9.88 Å². The molecule has 1 amide bonds. The van der Waals surface area contributed by atoms with Crippen molar-refractivity contribution < 1.29 is 4.79 Å². The monoisotopic (exact) mass is 247 g/mol. The first-order valence-electron chi connectivity index (χ1n) is 6.92. The van der Waals surface area contributed by atoms with Gasteiger partial charge in [0.05, 0.1) is 0 Å². The summed E-state index contributed by atoms with van der Waals surface area (Å²) in [5.41, 5.74) is 0.852. The predicted molar refractivity (Wildman–Crippen MR) is 70.7 cm³/mol. The predicted octanol–water partition coefficient (Wildman–Crippen LogP) is 1.65. The molecule has 1 aliphatic carbocycles. The van der Waals surface area contributed by atoms with E-state index in [4.69, 9.17) is 0 Å². The van der Waals surface area contributed by atoms with Crippen LogP contribution in [-0.2, 0) is 0 Å². The van der Waals surface area contributed by atoms with Crippen molar-refractivity contribution >= 4 is 5.91 Å². The molecular formula is C14H21N3O. The van der Waals surface area contributed by atoms with Gasteiger partial charge in [-0.3, -0.25) is 4.79 Å². The maximum Gasteiger partial charge on any atom is 0.270 e. The smallest absolute Gasteiger partial charge is 0.270 e. The summed E-state index contributed by atoms with van der Waals surface area (Å²) in [6.45, 7) is 2.00. The molecule has 0 bridgehead atoms. The molecule has 4 heteroatoms. The van der Waals surface area contributed by atoms with E-state index in [-0.39, 0.29) is 5.91 Å². The van der Waals surface area contributed by atoms with Gasteiger partial charge >= 0.3 is 0 Å². The molecule has 0 spiro atoms. The first-order valence-corrected chi connectivity index (χ1v) is 6.92. The normalized spacial score (nSPS) is 23.9. The van der Waals surface area contributed by atoms with Crippen molar-refractivity contribution in [2.24, 2.45) is 0 Å². The van der Waals surface area contributed by atoms with Crippen LogP contribution >= 0.6 is 0 Å². The van der Waals surface area contributed by atoms with Crippen molar-refractivity contribution in [2.45, 2.75) is 37.8 Å². The summed E-state index contributed by atoms with van der Waals surface area (Å²) in [4.78, 5) is 14.5. The van der Waals surface area contributed by atoms with Crippen molar-refractivity contribution in [3.05, 3.63) is 24.0 Å². The van der Waals surface area contributed by atoms with Crippen molar-refractivity contribution in [3.8, 4) is 0 Å². The third kappa shape index (κ3) is 2.17. The van der Waals surface area contributed by atoms with E-state index in [0.717, 1.165) is 31.6 Å². The fourth-order valence-corrected chi connectivity index (χ4v) is 2.76. The molecule has 1 unspecified atom stereocenters. The van der Waals surface area contributed by atoms with Crippen LogP contribution < -0.4 is 5.32 Å². The van der Waals surface area contributed by atoms with E-state index in [0.29, 0.717) is 12.1 Å². The molecule has 1 aliphatic heterocycles. The van der Waals surface area contributed by atoms with Gasteiger partial charge in [0.15, 0.2) is 0 Å². The fourth-order valence-electron chi connectivity index (χ4n) is 2.76. The highest BCUT2D eigenvalue weighted by Gasteiger charge is 2.29. The summed E-state index contributed by atoms with van der Waals surface area (Å²) >= 11 is 0. The molecule has 2 aliphatic rings. The Balaban J connectivity index is 1.74. The summed E-state index contributed by atoms with van der Waals surface area (Å²) in [5, 5.41) is 3.36. The number of aromatic nitrogens is 1. The molecule has 2 heterocycles. The Bertz CT molecular complexity index is 430. The molecule has 1 aromatic heterocycles. The molecule has 1 saturated carbocycles. The minimum Gasteiger partial charge on any atom is -0.340 e. The van der Waals surface area contributed by atoms with Crippen LogP contribution in [0.2, 0.25) is 0 Å². The van der Waals surface area contributed by atoms with Crippen LogP contribution in [0.4, 0.5) is 0 Å². The molecular weight excluding hydrogens is 226 g/mol. The van der Waals surface area contributed by atoms with Gasteiger partial charge in [-0.05, 0) is 44.4 Å². The quantitative estimate of drug-likeness (QED) is 0.882. The van der Waals surface area contributed by atoms with E-state index in [1.54, 1.807) is 0 Å². The second-order valence-electron chi connectivity index (χ2n) is 5.45. The standard InChI is InChI=1S/C14H21N3O/c1-16(12-4-2-8-15-10-12)14(18)13-5-3-9-17(13)11-6-7-11/h3,5,9,11-12,15H,2,4,6-8,10H2,1H3. The third-order valence-corrected chi connectivity index (χ3v) is 4.08. The molecule has 4 nitrogen and oxygen atoms in total. The van der Waals surface area contributed by atoms with Gasteiger partial charge in [-0.1, -0.05) is 0 Å². The van der Waals surface area contributed by atoms with Crippen molar-refractivity contribution in [3.63, 3.8) is 0 Å². The molecule has 1 aromatic rings. The zero-order valence-corrected chi connectivity index (χ0v) is 10.9. The first kappa shape index (κ1) is 11.8. The van der Waals surface area contributed by atoms with Gasteiger partial charge in [-0.25, -0.2) is 0 Å². The number of piperidine rings is 1. The summed E-state index contributed by atoms with van der Waals surface area (Å²) in [6.07, 6.45) is 6.73. The van der Waals surface area contributed by atoms with Crippen LogP contribution in [-0.4, -0.2) is 41.6 Å². The van der Waals surface area contributed by atoms with E-state index in [1.807, 2.05) is 30.3 Å². The highest BCUT2D eigenvalue weighted by molar-refractivity contribution is 5.93. The van der Waals surface area contributed by atoms with E-state index >= 15 is 0 Å². The summed E-state index contributed by atoms with van der Waals surface area (Å²) in [7, 11) is 1.93. The Morgan fingerprint density at radius 3 is 2.94 bits per heavy atom. The SMILES string of the molecule is CN(C(=O)c1cccn1C1CC1)C1CCCNC1. The fraction of sp³-hybridized carbons (Fsp3) is 0.643.